The minimum Gasteiger partial charge on any atom is -0.465 e. The van der Waals surface area contributed by atoms with Crippen LogP contribution in [0.1, 0.15) is 233 Å². The molecule has 0 saturated carbocycles. The van der Waals surface area contributed by atoms with Crippen LogP contribution in [0.3, 0.4) is 0 Å². The van der Waals surface area contributed by atoms with Gasteiger partial charge in [0.15, 0.2) is 0 Å². The standard InChI is InChI=1S/C46H88N2O4/c1-5-9-13-17-19-26-35-43(33-24-15-11-7-3)45(49)51-41-30-22-21-28-38-48(40-32-37-47)39-29-23-31-42-52-46(50)44(34-25-16-12-8-4)36-27-20-18-14-10-6-2/h43-44H,5-36,38-42H2,1-4H3. The van der Waals surface area contributed by atoms with Gasteiger partial charge in [-0.3, -0.25) is 9.59 Å². The molecule has 0 N–H and O–H groups in total. The zero-order chi connectivity index (χ0) is 38.2. The Balaban J connectivity index is 4.34. The van der Waals surface area contributed by atoms with Gasteiger partial charge in [0.1, 0.15) is 0 Å². The van der Waals surface area contributed by atoms with Crippen molar-refractivity contribution in [2.45, 2.75) is 233 Å². The van der Waals surface area contributed by atoms with Gasteiger partial charge in [-0.1, -0.05) is 169 Å². The molecule has 0 aromatic carbocycles. The Morgan fingerprint density at radius 2 is 0.750 bits per heavy atom. The van der Waals surface area contributed by atoms with E-state index >= 15 is 0 Å². The maximum atomic E-state index is 13.0. The minimum absolute atomic E-state index is 0.0332. The quantitative estimate of drug-likeness (QED) is 0.0460. The smallest absolute Gasteiger partial charge is 0.308 e. The number of hydrogen-bond acceptors (Lipinski definition) is 6. The lowest BCUT2D eigenvalue weighted by atomic mass is 9.94. The van der Waals surface area contributed by atoms with E-state index in [0.717, 1.165) is 116 Å². The molecular formula is C46H88N2O4. The molecule has 0 aromatic heterocycles. The molecule has 0 aliphatic carbocycles. The second-order valence-electron chi connectivity index (χ2n) is 15.8. The van der Waals surface area contributed by atoms with Gasteiger partial charge in [0, 0.05) is 13.0 Å². The lowest BCUT2D eigenvalue weighted by Gasteiger charge is -2.21. The number of rotatable bonds is 41. The topological polar surface area (TPSA) is 79.6 Å². The number of unbranched alkanes of at least 4 members (excludes halogenated alkanes) is 21. The average Bonchev–Trinajstić information content (AvgIpc) is 3.15. The number of esters is 2. The molecule has 0 saturated heterocycles. The summed E-state index contributed by atoms with van der Waals surface area (Å²) in [4.78, 5) is 28.3. The highest BCUT2D eigenvalue weighted by Gasteiger charge is 2.20. The molecule has 0 bridgehead atoms. The SMILES string of the molecule is CCCCCCCCC(CCCCCC)C(=O)OCCCCCCN(CCC#N)CCCCCOC(=O)C(CCCCCC)CCCCCCCC. The van der Waals surface area contributed by atoms with Crippen LogP contribution in [0.25, 0.3) is 0 Å². The summed E-state index contributed by atoms with van der Waals surface area (Å²) >= 11 is 0. The van der Waals surface area contributed by atoms with Crippen LogP contribution in [-0.2, 0) is 19.1 Å². The van der Waals surface area contributed by atoms with Gasteiger partial charge in [0.05, 0.1) is 31.1 Å². The molecule has 52 heavy (non-hydrogen) atoms. The molecule has 0 radical (unpaired) electrons. The van der Waals surface area contributed by atoms with Gasteiger partial charge in [0.2, 0.25) is 0 Å². The highest BCUT2D eigenvalue weighted by Crippen LogP contribution is 2.22. The summed E-state index contributed by atoms with van der Waals surface area (Å²) in [6.07, 6.45) is 36.5. The van der Waals surface area contributed by atoms with Crippen molar-refractivity contribution in [1.29, 1.82) is 5.26 Å². The first kappa shape index (κ1) is 50.4. The molecule has 0 aliphatic heterocycles. The monoisotopic (exact) mass is 733 g/mol. The van der Waals surface area contributed by atoms with Crippen molar-refractivity contribution < 1.29 is 19.1 Å². The molecule has 6 nitrogen and oxygen atoms in total. The molecule has 0 aromatic rings. The summed E-state index contributed by atoms with van der Waals surface area (Å²) in [6.45, 7) is 12.9. The number of ether oxygens (including phenoxy) is 2. The number of nitriles is 1. The lowest BCUT2D eigenvalue weighted by Crippen LogP contribution is -2.27. The highest BCUT2D eigenvalue weighted by molar-refractivity contribution is 5.72. The zero-order valence-electron chi connectivity index (χ0n) is 35.3. The average molecular weight is 733 g/mol. The Kier molecular flexibility index (Phi) is 39.3. The third kappa shape index (κ3) is 33.0. The van der Waals surface area contributed by atoms with Gasteiger partial charge in [-0.15, -0.1) is 0 Å². The number of hydrogen-bond donors (Lipinski definition) is 0. The van der Waals surface area contributed by atoms with Crippen LogP contribution in [0, 0.1) is 23.2 Å². The Morgan fingerprint density at radius 3 is 1.13 bits per heavy atom. The summed E-state index contributed by atoms with van der Waals surface area (Å²) in [5, 5.41) is 9.19. The Hall–Kier alpha value is -1.61. The van der Waals surface area contributed by atoms with E-state index in [1.165, 1.54) is 103 Å². The third-order valence-electron chi connectivity index (χ3n) is 10.8. The first-order valence-electron chi connectivity index (χ1n) is 23.0. The predicted octanol–water partition coefficient (Wildman–Crippen LogP) is 13.7. The van der Waals surface area contributed by atoms with Crippen molar-refractivity contribution in [1.82, 2.24) is 4.90 Å². The molecule has 0 aliphatic rings. The summed E-state index contributed by atoms with van der Waals surface area (Å²) in [7, 11) is 0. The van der Waals surface area contributed by atoms with Crippen LogP contribution >= 0.6 is 0 Å². The zero-order valence-corrected chi connectivity index (χ0v) is 35.3. The molecule has 0 amide bonds. The fraction of sp³-hybridized carbons (Fsp3) is 0.935. The van der Waals surface area contributed by atoms with E-state index in [9.17, 15) is 14.9 Å². The molecule has 6 heteroatoms. The summed E-state index contributed by atoms with van der Waals surface area (Å²) < 4.78 is 11.6. The summed E-state index contributed by atoms with van der Waals surface area (Å²) in [5.74, 6) is 0.225. The summed E-state index contributed by atoms with van der Waals surface area (Å²) in [6, 6.07) is 2.31. The van der Waals surface area contributed by atoms with Gasteiger partial charge in [-0.05, 0) is 70.9 Å². The molecular weight excluding hydrogens is 645 g/mol. The van der Waals surface area contributed by atoms with Crippen LogP contribution in [0.4, 0.5) is 0 Å². The van der Waals surface area contributed by atoms with Crippen molar-refractivity contribution in [3.05, 3.63) is 0 Å². The first-order chi connectivity index (χ1) is 25.5. The molecule has 0 heterocycles. The first-order valence-corrected chi connectivity index (χ1v) is 23.0. The Morgan fingerprint density at radius 1 is 0.442 bits per heavy atom. The van der Waals surface area contributed by atoms with Crippen LogP contribution < -0.4 is 0 Å². The van der Waals surface area contributed by atoms with Gasteiger partial charge in [-0.2, -0.15) is 5.26 Å². The fourth-order valence-corrected chi connectivity index (χ4v) is 7.27. The van der Waals surface area contributed by atoms with Gasteiger partial charge in [-0.25, -0.2) is 0 Å². The van der Waals surface area contributed by atoms with Crippen molar-refractivity contribution in [2.24, 2.45) is 11.8 Å². The molecule has 0 spiro atoms. The maximum Gasteiger partial charge on any atom is 0.308 e. The van der Waals surface area contributed by atoms with E-state index in [1.54, 1.807) is 0 Å². The second-order valence-corrected chi connectivity index (χ2v) is 15.8. The van der Waals surface area contributed by atoms with Crippen LogP contribution in [0.2, 0.25) is 0 Å². The van der Waals surface area contributed by atoms with Gasteiger partial charge < -0.3 is 14.4 Å². The van der Waals surface area contributed by atoms with Gasteiger partial charge >= 0.3 is 11.9 Å². The number of carbonyl (C=O) groups excluding carboxylic acids is 2. The Labute approximate surface area is 324 Å². The maximum absolute atomic E-state index is 13.0. The third-order valence-corrected chi connectivity index (χ3v) is 10.8. The van der Waals surface area contributed by atoms with E-state index in [-0.39, 0.29) is 23.8 Å². The highest BCUT2D eigenvalue weighted by atomic mass is 16.5. The molecule has 0 fully saturated rings. The van der Waals surface area contributed by atoms with E-state index in [1.807, 2.05) is 0 Å². The van der Waals surface area contributed by atoms with Crippen molar-refractivity contribution in [2.75, 3.05) is 32.8 Å². The van der Waals surface area contributed by atoms with Crippen molar-refractivity contribution in [3.63, 3.8) is 0 Å². The fourth-order valence-electron chi connectivity index (χ4n) is 7.27. The van der Waals surface area contributed by atoms with Crippen molar-refractivity contribution >= 4 is 11.9 Å². The lowest BCUT2D eigenvalue weighted by molar-refractivity contribution is -0.150. The normalized spacial score (nSPS) is 12.5. The molecule has 2 atom stereocenters. The predicted molar refractivity (Wildman–Crippen MR) is 221 cm³/mol. The Bertz CT molecular complexity index is 813. The molecule has 0 rings (SSSR count). The van der Waals surface area contributed by atoms with E-state index in [0.29, 0.717) is 19.6 Å². The van der Waals surface area contributed by atoms with Crippen LogP contribution in [-0.4, -0.2) is 49.7 Å². The van der Waals surface area contributed by atoms with Crippen LogP contribution in [0.5, 0.6) is 0 Å². The minimum atomic E-state index is 0.0332. The molecule has 2 unspecified atom stereocenters. The summed E-state index contributed by atoms with van der Waals surface area (Å²) in [5.41, 5.74) is 0. The largest absolute Gasteiger partial charge is 0.465 e. The number of nitrogens with zero attached hydrogens (tertiary/aromatic N) is 2. The van der Waals surface area contributed by atoms with E-state index in [4.69, 9.17) is 9.47 Å². The van der Waals surface area contributed by atoms with E-state index < -0.39 is 0 Å². The van der Waals surface area contributed by atoms with Gasteiger partial charge in [0.25, 0.3) is 0 Å². The molecule has 306 valence electrons. The number of carbonyl (C=O) groups is 2. The van der Waals surface area contributed by atoms with Crippen molar-refractivity contribution in [3.8, 4) is 6.07 Å². The van der Waals surface area contributed by atoms with E-state index in [2.05, 4.69) is 38.7 Å². The second kappa shape index (κ2) is 40.6. The van der Waals surface area contributed by atoms with Crippen LogP contribution in [0.15, 0.2) is 0 Å².